The number of nitrogens with zero attached hydrogens (tertiary/aromatic N) is 1. The molecule has 26 heavy (non-hydrogen) atoms. The SMILES string of the molecule is O=C([C@@H]1OC[C@@H]2COCC[C@@H]21)N1c2ccccc2C=Cc2ccccc21. The van der Waals surface area contributed by atoms with E-state index in [0.29, 0.717) is 25.7 Å². The fourth-order valence-corrected chi connectivity index (χ4v) is 4.33. The Kier molecular flexibility index (Phi) is 3.88. The lowest BCUT2D eigenvalue weighted by atomic mass is 9.86. The van der Waals surface area contributed by atoms with Gasteiger partial charge in [-0.3, -0.25) is 9.69 Å². The van der Waals surface area contributed by atoms with Crippen LogP contribution < -0.4 is 4.90 Å². The van der Waals surface area contributed by atoms with Crippen LogP contribution in [0.5, 0.6) is 0 Å². The highest BCUT2D eigenvalue weighted by atomic mass is 16.5. The number of anilines is 2. The van der Waals surface area contributed by atoms with Crippen LogP contribution in [0.3, 0.4) is 0 Å². The highest BCUT2D eigenvalue weighted by Crippen LogP contribution is 2.40. The van der Waals surface area contributed by atoms with Crippen LogP contribution in [0.25, 0.3) is 12.2 Å². The number of hydrogen-bond acceptors (Lipinski definition) is 3. The smallest absolute Gasteiger partial charge is 0.261 e. The van der Waals surface area contributed by atoms with Gasteiger partial charge in [-0.15, -0.1) is 0 Å². The van der Waals surface area contributed by atoms with Gasteiger partial charge >= 0.3 is 0 Å². The van der Waals surface area contributed by atoms with Crippen LogP contribution in [-0.4, -0.2) is 31.8 Å². The third kappa shape index (κ3) is 2.49. The second-order valence-corrected chi connectivity index (χ2v) is 7.17. The number of benzene rings is 2. The van der Waals surface area contributed by atoms with Gasteiger partial charge in [0.2, 0.25) is 0 Å². The quantitative estimate of drug-likeness (QED) is 0.786. The molecule has 0 saturated carbocycles. The van der Waals surface area contributed by atoms with Crippen LogP contribution in [0.1, 0.15) is 17.5 Å². The number of rotatable bonds is 1. The average Bonchev–Trinajstić information content (AvgIpc) is 3.04. The summed E-state index contributed by atoms with van der Waals surface area (Å²) in [4.78, 5) is 15.5. The molecule has 2 aromatic rings. The zero-order valence-electron chi connectivity index (χ0n) is 14.5. The molecule has 4 heteroatoms. The van der Waals surface area contributed by atoms with Gasteiger partial charge in [0.05, 0.1) is 24.6 Å². The molecule has 2 fully saturated rings. The zero-order valence-corrected chi connectivity index (χ0v) is 14.5. The van der Waals surface area contributed by atoms with Crippen molar-refractivity contribution in [3.8, 4) is 0 Å². The molecule has 2 saturated heterocycles. The van der Waals surface area contributed by atoms with Crippen LogP contribution in [0.15, 0.2) is 48.5 Å². The van der Waals surface area contributed by atoms with Crippen molar-refractivity contribution in [3.05, 3.63) is 59.7 Å². The van der Waals surface area contributed by atoms with Crippen molar-refractivity contribution in [3.63, 3.8) is 0 Å². The van der Waals surface area contributed by atoms with E-state index in [4.69, 9.17) is 9.47 Å². The Balaban J connectivity index is 1.59. The van der Waals surface area contributed by atoms with E-state index >= 15 is 0 Å². The third-order valence-corrected chi connectivity index (χ3v) is 5.67. The van der Waals surface area contributed by atoms with Crippen molar-refractivity contribution in [2.45, 2.75) is 12.5 Å². The first kappa shape index (κ1) is 15.8. The summed E-state index contributed by atoms with van der Waals surface area (Å²) in [5.41, 5.74) is 3.91. The van der Waals surface area contributed by atoms with E-state index in [1.165, 1.54) is 0 Å². The van der Waals surface area contributed by atoms with Crippen LogP contribution in [0.4, 0.5) is 11.4 Å². The molecule has 4 nitrogen and oxygen atoms in total. The van der Waals surface area contributed by atoms with Gasteiger partial charge in [0.1, 0.15) is 6.10 Å². The second kappa shape index (κ2) is 6.38. The molecule has 0 N–H and O–H groups in total. The maximum Gasteiger partial charge on any atom is 0.261 e. The monoisotopic (exact) mass is 347 g/mol. The fourth-order valence-electron chi connectivity index (χ4n) is 4.33. The Labute approximate surface area is 153 Å². The first-order valence-electron chi connectivity index (χ1n) is 9.22. The lowest BCUT2D eigenvalue weighted by Gasteiger charge is -2.31. The van der Waals surface area contributed by atoms with E-state index in [1.807, 2.05) is 53.4 Å². The summed E-state index contributed by atoms with van der Waals surface area (Å²) in [7, 11) is 0. The maximum absolute atomic E-state index is 13.7. The lowest BCUT2D eigenvalue weighted by Crippen LogP contribution is -2.42. The summed E-state index contributed by atoms with van der Waals surface area (Å²) in [5.74, 6) is 0.600. The first-order valence-corrected chi connectivity index (χ1v) is 9.22. The number of hydrogen-bond donors (Lipinski definition) is 0. The minimum atomic E-state index is -0.400. The molecule has 3 aliphatic rings. The Morgan fingerprint density at radius 1 is 0.923 bits per heavy atom. The van der Waals surface area contributed by atoms with E-state index < -0.39 is 6.10 Å². The molecule has 0 bridgehead atoms. The minimum Gasteiger partial charge on any atom is -0.381 e. The van der Waals surface area contributed by atoms with Crippen LogP contribution >= 0.6 is 0 Å². The fraction of sp³-hybridized carbons (Fsp3) is 0.318. The molecule has 0 aliphatic carbocycles. The number of ether oxygens (including phenoxy) is 2. The zero-order chi connectivity index (χ0) is 17.5. The molecule has 132 valence electrons. The van der Waals surface area contributed by atoms with Gasteiger partial charge in [-0.2, -0.15) is 0 Å². The highest BCUT2D eigenvalue weighted by molar-refractivity contribution is 6.08. The maximum atomic E-state index is 13.7. The first-order chi connectivity index (χ1) is 12.8. The van der Waals surface area contributed by atoms with Crippen LogP contribution in [-0.2, 0) is 14.3 Å². The molecule has 0 unspecified atom stereocenters. The Morgan fingerprint density at radius 3 is 2.27 bits per heavy atom. The Morgan fingerprint density at radius 2 is 1.58 bits per heavy atom. The molecule has 5 rings (SSSR count). The highest BCUT2D eigenvalue weighted by Gasteiger charge is 2.45. The molecular formula is C22H21NO3. The normalized spacial score (nSPS) is 26.6. The molecule has 0 spiro atoms. The van der Waals surface area contributed by atoms with Crippen molar-refractivity contribution in [1.82, 2.24) is 0 Å². The second-order valence-electron chi connectivity index (χ2n) is 7.17. The summed E-state index contributed by atoms with van der Waals surface area (Å²) in [6.07, 6.45) is 4.64. The van der Waals surface area contributed by atoms with Gasteiger partial charge in [0.25, 0.3) is 5.91 Å². The predicted molar refractivity (Wildman–Crippen MR) is 101 cm³/mol. The number of amides is 1. The van der Waals surface area contributed by atoms with Crippen molar-refractivity contribution >= 4 is 29.4 Å². The summed E-state index contributed by atoms with van der Waals surface area (Å²) in [6.45, 7) is 2.02. The summed E-state index contributed by atoms with van der Waals surface area (Å²) >= 11 is 0. The summed E-state index contributed by atoms with van der Waals surface area (Å²) in [5, 5.41) is 0. The Bertz CT molecular complexity index is 826. The number of fused-ring (bicyclic) bond motifs is 3. The molecule has 3 heterocycles. The summed E-state index contributed by atoms with van der Waals surface area (Å²) in [6, 6.07) is 16.1. The van der Waals surface area contributed by atoms with Crippen molar-refractivity contribution < 1.29 is 14.3 Å². The van der Waals surface area contributed by atoms with Crippen LogP contribution in [0, 0.1) is 11.8 Å². The predicted octanol–water partition coefficient (Wildman–Crippen LogP) is 3.89. The number of para-hydroxylation sites is 2. The van der Waals surface area contributed by atoms with Crippen molar-refractivity contribution in [2.75, 3.05) is 24.7 Å². The summed E-state index contributed by atoms with van der Waals surface area (Å²) < 4.78 is 11.6. The number of carbonyl (C=O) groups is 1. The molecule has 3 aliphatic heterocycles. The number of carbonyl (C=O) groups excluding carboxylic acids is 1. The van der Waals surface area contributed by atoms with Gasteiger partial charge in [0.15, 0.2) is 0 Å². The third-order valence-electron chi connectivity index (χ3n) is 5.67. The van der Waals surface area contributed by atoms with Gasteiger partial charge in [-0.05, 0) is 29.7 Å². The van der Waals surface area contributed by atoms with Gasteiger partial charge in [0, 0.05) is 18.4 Å². The molecular weight excluding hydrogens is 326 g/mol. The molecule has 0 radical (unpaired) electrons. The van der Waals surface area contributed by atoms with E-state index in [2.05, 4.69) is 12.2 Å². The van der Waals surface area contributed by atoms with E-state index in [0.717, 1.165) is 28.9 Å². The van der Waals surface area contributed by atoms with Crippen LogP contribution in [0.2, 0.25) is 0 Å². The van der Waals surface area contributed by atoms with Gasteiger partial charge < -0.3 is 9.47 Å². The van der Waals surface area contributed by atoms with Gasteiger partial charge in [-0.25, -0.2) is 0 Å². The molecule has 1 amide bonds. The van der Waals surface area contributed by atoms with Gasteiger partial charge in [-0.1, -0.05) is 48.6 Å². The molecule has 2 aromatic carbocycles. The lowest BCUT2D eigenvalue weighted by molar-refractivity contribution is -0.128. The topological polar surface area (TPSA) is 38.8 Å². The van der Waals surface area contributed by atoms with Crippen molar-refractivity contribution in [1.29, 1.82) is 0 Å². The average molecular weight is 347 g/mol. The minimum absolute atomic E-state index is 0.0306. The largest absolute Gasteiger partial charge is 0.381 e. The van der Waals surface area contributed by atoms with Crippen molar-refractivity contribution in [2.24, 2.45) is 11.8 Å². The molecule has 0 aromatic heterocycles. The van der Waals surface area contributed by atoms with E-state index in [9.17, 15) is 4.79 Å². The van der Waals surface area contributed by atoms with E-state index in [1.54, 1.807) is 0 Å². The Hall–Kier alpha value is -2.43. The molecule has 3 atom stereocenters. The van der Waals surface area contributed by atoms with E-state index in [-0.39, 0.29) is 11.8 Å². The standard InChI is InChI=1S/C22H21NO3/c24-22(21-18-11-12-25-13-17(18)14-26-21)23-19-7-3-1-5-15(19)9-10-16-6-2-4-8-20(16)23/h1-10,17-18,21H,11-14H2/t17-,18-,21+/m0/s1.